The van der Waals surface area contributed by atoms with Gasteiger partial charge in [0.05, 0.1) is 6.61 Å². The lowest BCUT2D eigenvalue weighted by Crippen LogP contribution is -2.23. The maximum absolute atomic E-state index is 10.1. The highest BCUT2D eigenvalue weighted by Gasteiger charge is 1.93. The zero-order chi connectivity index (χ0) is 13.5. The Hall–Kier alpha value is -0.570. The van der Waals surface area contributed by atoms with Gasteiger partial charge in [-0.15, -0.1) is 0 Å². The first-order chi connectivity index (χ1) is 8.77. The van der Waals surface area contributed by atoms with Gasteiger partial charge >= 0.3 is 0 Å². The third-order valence-corrected chi connectivity index (χ3v) is 3.09. The van der Waals surface area contributed by atoms with Crippen LogP contribution in [0.4, 0.5) is 0 Å². The lowest BCUT2D eigenvalue weighted by Gasteiger charge is -2.05. The summed E-state index contributed by atoms with van der Waals surface area (Å²) in [5.74, 6) is -1.03. The zero-order valence-corrected chi connectivity index (χ0v) is 11.9. The van der Waals surface area contributed by atoms with Crippen molar-refractivity contribution in [2.45, 2.75) is 77.6 Å². The molecule has 0 radical (unpaired) electrons. The highest BCUT2D eigenvalue weighted by molar-refractivity contribution is 5.64. The molecule has 0 aliphatic carbocycles. The zero-order valence-electron chi connectivity index (χ0n) is 11.9. The molecule has 0 aliphatic rings. The Balaban J connectivity index is 2.92. The van der Waals surface area contributed by atoms with Crippen molar-refractivity contribution in [3.63, 3.8) is 0 Å². The maximum atomic E-state index is 10.1. The van der Waals surface area contributed by atoms with Crippen molar-refractivity contribution in [1.82, 2.24) is 0 Å². The highest BCUT2D eigenvalue weighted by Crippen LogP contribution is 2.10. The van der Waals surface area contributed by atoms with Crippen molar-refractivity contribution in [1.29, 1.82) is 0 Å². The maximum Gasteiger partial charge on any atom is 0.0518 e. The van der Waals surface area contributed by atoms with E-state index in [1.807, 2.05) is 0 Å². The van der Waals surface area contributed by atoms with Crippen LogP contribution in [0.2, 0.25) is 0 Å². The molecule has 0 aliphatic heterocycles. The van der Waals surface area contributed by atoms with Crippen molar-refractivity contribution in [3.05, 3.63) is 0 Å². The summed E-state index contributed by atoms with van der Waals surface area (Å²) in [7, 11) is 0. The molecular formula is C15H29O3-. The number of carbonyl (C=O) groups is 1. The Morgan fingerprint density at radius 1 is 0.833 bits per heavy atom. The molecule has 0 spiro atoms. The fourth-order valence-corrected chi connectivity index (χ4v) is 1.95. The number of hydrogen-bond donors (Lipinski definition) is 0. The predicted octanol–water partition coefficient (Wildman–Crippen LogP) is 3.06. The second-order valence-corrected chi connectivity index (χ2v) is 4.92. The van der Waals surface area contributed by atoms with Gasteiger partial charge in [0.1, 0.15) is 0 Å². The lowest BCUT2D eigenvalue weighted by molar-refractivity contribution is -0.306. The van der Waals surface area contributed by atoms with Gasteiger partial charge < -0.3 is 14.6 Å². The molecular weight excluding hydrogens is 228 g/mol. The van der Waals surface area contributed by atoms with Crippen molar-refractivity contribution in [2.24, 2.45) is 0 Å². The van der Waals surface area contributed by atoms with Crippen LogP contribution in [-0.4, -0.2) is 19.2 Å². The van der Waals surface area contributed by atoms with Crippen LogP contribution in [-0.2, 0) is 9.53 Å². The summed E-state index contributed by atoms with van der Waals surface area (Å²) < 4.78 is 5.20. The summed E-state index contributed by atoms with van der Waals surface area (Å²) in [6.45, 7) is 3.22. The SMILES string of the molecule is CCCCCCCCCCCCOCCC(=O)[O-]. The Bertz CT molecular complexity index is 181. The number of ether oxygens (including phenoxy) is 1. The summed E-state index contributed by atoms with van der Waals surface area (Å²) in [5, 5.41) is 10.1. The van der Waals surface area contributed by atoms with E-state index in [0.29, 0.717) is 13.2 Å². The van der Waals surface area contributed by atoms with E-state index in [-0.39, 0.29) is 6.42 Å². The largest absolute Gasteiger partial charge is 0.550 e. The number of aliphatic carboxylic acids is 1. The summed E-state index contributed by atoms with van der Waals surface area (Å²) in [4.78, 5) is 10.1. The molecule has 0 aromatic heterocycles. The number of carboxylic acids is 1. The van der Waals surface area contributed by atoms with Crippen LogP contribution in [0.25, 0.3) is 0 Å². The molecule has 0 fully saturated rings. The topological polar surface area (TPSA) is 49.4 Å². The number of hydrogen-bond acceptors (Lipinski definition) is 3. The van der Waals surface area contributed by atoms with E-state index >= 15 is 0 Å². The van der Waals surface area contributed by atoms with Crippen molar-refractivity contribution < 1.29 is 14.6 Å². The van der Waals surface area contributed by atoms with Gasteiger partial charge in [-0.2, -0.15) is 0 Å². The Labute approximate surface area is 112 Å². The molecule has 3 heteroatoms. The Morgan fingerprint density at radius 3 is 1.83 bits per heavy atom. The molecule has 0 unspecified atom stereocenters. The van der Waals surface area contributed by atoms with Gasteiger partial charge in [-0.1, -0.05) is 64.7 Å². The second kappa shape index (κ2) is 14.5. The van der Waals surface area contributed by atoms with E-state index in [4.69, 9.17) is 4.74 Å². The van der Waals surface area contributed by atoms with Gasteiger partial charge in [-0.25, -0.2) is 0 Å². The number of carboxylic acid groups (broad SMARTS) is 1. The molecule has 0 aromatic rings. The van der Waals surface area contributed by atoms with Crippen LogP contribution in [0, 0.1) is 0 Å². The standard InChI is InChI=1S/C15H30O3/c1-2-3-4-5-6-7-8-9-10-11-13-18-14-12-15(16)17/h2-14H2,1H3,(H,16,17)/p-1. The van der Waals surface area contributed by atoms with E-state index in [1.54, 1.807) is 0 Å². The molecule has 0 amide bonds. The van der Waals surface area contributed by atoms with Gasteiger partial charge in [0, 0.05) is 19.0 Å². The monoisotopic (exact) mass is 257 g/mol. The number of unbranched alkanes of at least 4 members (excludes halogenated alkanes) is 9. The quantitative estimate of drug-likeness (QED) is 0.449. The average Bonchev–Trinajstić information content (AvgIpc) is 2.34. The molecule has 0 heterocycles. The van der Waals surface area contributed by atoms with E-state index in [2.05, 4.69) is 6.92 Å². The fourth-order valence-electron chi connectivity index (χ4n) is 1.95. The molecule has 0 atom stereocenters. The molecule has 0 saturated heterocycles. The normalized spacial score (nSPS) is 10.7. The first-order valence-corrected chi connectivity index (χ1v) is 7.55. The predicted molar refractivity (Wildman–Crippen MR) is 72.3 cm³/mol. The van der Waals surface area contributed by atoms with Crippen LogP contribution in [0.1, 0.15) is 77.6 Å². The smallest absolute Gasteiger partial charge is 0.0518 e. The van der Waals surface area contributed by atoms with Gasteiger partial charge in [-0.05, 0) is 6.42 Å². The van der Waals surface area contributed by atoms with E-state index in [9.17, 15) is 9.90 Å². The number of carbonyl (C=O) groups excluding carboxylic acids is 1. The first-order valence-electron chi connectivity index (χ1n) is 7.55. The molecule has 3 nitrogen and oxygen atoms in total. The summed E-state index contributed by atoms with van der Waals surface area (Å²) in [5.41, 5.74) is 0. The van der Waals surface area contributed by atoms with Crippen LogP contribution in [0.15, 0.2) is 0 Å². The average molecular weight is 257 g/mol. The molecule has 0 bridgehead atoms. The fraction of sp³-hybridized carbons (Fsp3) is 0.933. The minimum absolute atomic E-state index is 0.0117. The molecule has 0 N–H and O–H groups in total. The summed E-state index contributed by atoms with van der Waals surface area (Å²) in [6, 6.07) is 0. The third kappa shape index (κ3) is 15.4. The van der Waals surface area contributed by atoms with E-state index in [0.717, 1.165) is 6.42 Å². The molecule has 18 heavy (non-hydrogen) atoms. The third-order valence-electron chi connectivity index (χ3n) is 3.09. The summed E-state index contributed by atoms with van der Waals surface area (Å²) in [6.07, 6.45) is 13.1. The van der Waals surface area contributed by atoms with Gasteiger partial charge in [-0.3, -0.25) is 0 Å². The highest BCUT2D eigenvalue weighted by atomic mass is 16.5. The van der Waals surface area contributed by atoms with Crippen LogP contribution >= 0.6 is 0 Å². The minimum atomic E-state index is -1.03. The second-order valence-electron chi connectivity index (χ2n) is 4.92. The van der Waals surface area contributed by atoms with Crippen LogP contribution < -0.4 is 5.11 Å². The minimum Gasteiger partial charge on any atom is -0.550 e. The van der Waals surface area contributed by atoms with Crippen molar-refractivity contribution >= 4 is 5.97 Å². The Kier molecular flexibility index (Phi) is 14.0. The first kappa shape index (κ1) is 17.4. The number of rotatable bonds is 14. The molecule has 0 rings (SSSR count). The van der Waals surface area contributed by atoms with Crippen molar-refractivity contribution in [3.8, 4) is 0 Å². The summed E-state index contributed by atoms with van der Waals surface area (Å²) >= 11 is 0. The molecule has 0 aromatic carbocycles. The van der Waals surface area contributed by atoms with Crippen molar-refractivity contribution in [2.75, 3.05) is 13.2 Å². The lowest BCUT2D eigenvalue weighted by atomic mass is 10.1. The van der Waals surface area contributed by atoms with Crippen LogP contribution in [0.3, 0.4) is 0 Å². The van der Waals surface area contributed by atoms with Gasteiger partial charge in [0.15, 0.2) is 0 Å². The van der Waals surface area contributed by atoms with Gasteiger partial charge in [0.25, 0.3) is 0 Å². The van der Waals surface area contributed by atoms with Gasteiger partial charge in [0.2, 0.25) is 0 Å². The Morgan fingerprint density at radius 2 is 1.33 bits per heavy atom. The van der Waals surface area contributed by atoms with E-state index in [1.165, 1.54) is 57.8 Å². The van der Waals surface area contributed by atoms with Crippen LogP contribution in [0.5, 0.6) is 0 Å². The molecule has 108 valence electrons. The molecule has 0 saturated carbocycles. The van der Waals surface area contributed by atoms with E-state index < -0.39 is 5.97 Å².